The van der Waals surface area contributed by atoms with E-state index in [4.69, 9.17) is 9.47 Å². The molecule has 2 N–H and O–H groups in total. The lowest BCUT2D eigenvalue weighted by Crippen LogP contribution is -2.36. The Kier molecular flexibility index (Phi) is 6.54. The average molecular weight is 370 g/mol. The first-order valence-electron chi connectivity index (χ1n) is 9.31. The predicted octanol–water partition coefficient (Wildman–Crippen LogP) is 3.03. The molecule has 1 aliphatic heterocycles. The van der Waals surface area contributed by atoms with Crippen LogP contribution in [0, 0.1) is 0 Å². The van der Waals surface area contributed by atoms with Crippen LogP contribution in [0.3, 0.4) is 0 Å². The molecule has 1 atom stereocenters. The van der Waals surface area contributed by atoms with Gasteiger partial charge in [-0.15, -0.1) is 0 Å². The summed E-state index contributed by atoms with van der Waals surface area (Å²) in [6, 6.07) is 16.0. The van der Waals surface area contributed by atoms with Crippen LogP contribution in [0.15, 0.2) is 48.5 Å². The molecule has 0 spiro atoms. The van der Waals surface area contributed by atoms with Crippen LogP contribution >= 0.6 is 0 Å². The fourth-order valence-corrected chi connectivity index (χ4v) is 3.19. The molecule has 6 heteroatoms. The zero-order valence-electron chi connectivity index (χ0n) is 15.6. The van der Waals surface area contributed by atoms with Crippen LogP contribution in [0.4, 0.5) is 11.4 Å². The van der Waals surface area contributed by atoms with E-state index in [1.54, 1.807) is 6.92 Å². The fourth-order valence-electron chi connectivity index (χ4n) is 3.19. The summed E-state index contributed by atoms with van der Waals surface area (Å²) in [6.07, 6.45) is -0.427. The maximum atomic E-state index is 11.2. The smallest absolute Gasteiger partial charge is 0.333 e. The maximum absolute atomic E-state index is 11.2. The van der Waals surface area contributed by atoms with Gasteiger partial charge in [0.25, 0.3) is 0 Å². The highest BCUT2D eigenvalue weighted by molar-refractivity contribution is 5.72. The molecular weight excluding hydrogens is 344 g/mol. The summed E-state index contributed by atoms with van der Waals surface area (Å²) < 4.78 is 11.0. The van der Waals surface area contributed by atoms with Crippen molar-refractivity contribution in [2.24, 2.45) is 0 Å². The van der Waals surface area contributed by atoms with Crippen molar-refractivity contribution in [2.45, 2.75) is 19.4 Å². The van der Waals surface area contributed by atoms with Gasteiger partial charge in [0.1, 0.15) is 12.4 Å². The molecule has 0 bridgehead atoms. The van der Waals surface area contributed by atoms with Crippen molar-refractivity contribution in [2.75, 3.05) is 43.1 Å². The van der Waals surface area contributed by atoms with Gasteiger partial charge >= 0.3 is 5.97 Å². The Bertz CT molecular complexity index is 748. The number of hydrogen-bond acceptors (Lipinski definition) is 5. The first kappa shape index (κ1) is 19.0. The van der Waals surface area contributed by atoms with Crippen molar-refractivity contribution < 1.29 is 19.4 Å². The van der Waals surface area contributed by atoms with Gasteiger partial charge in [0, 0.05) is 31.8 Å². The third-order valence-electron chi connectivity index (χ3n) is 4.55. The first-order chi connectivity index (χ1) is 13.2. The molecule has 1 aliphatic rings. The Morgan fingerprint density at radius 3 is 2.78 bits per heavy atom. The minimum Gasteiger partial charge on any atom is -0.490 e. The van der Waals surface area contributed by atoms with Gasteiger partial charge in [-0.05, 0) is 36.8 Å². The van der Waals surface area contributed by atoms with E-state index >= 15 is 0 Å². The standard InChI is InChI=1S/C21H26N2O4/c1-2-26-20(21(24)25)15-16-7-9-17(10-8-16)22-11-12-23-13-14-27-19-6-4-3-5-18(19)23/h3-10,20,22H,2,11-15H2,1H3,(H,24,25). The van der Waals surface area contributed by atoms with Crippen LogP contribution in [0.5, 0.6) is 5.75 Å². The van der Waals surface area contributed by atoms with Crippen molar-refractivity contribution in [1.29, 1.82) is 0 Å². The van der Waals surface area contributed by atoms with Gasteiger partial charge in [-0.3, -0.25) is 0 Å². The number of anilines is 2. The van der Waals surface area contributed by atoms with E-state index in [0.717, 1.165) is 42.3 Å². The lowest BCUT2D eigenvalue weighted by molar-refractivity contribution is -0.149. The number of carbonyl (C=O) groups is 1. The minimum atomic E-state index is -0.926. The quantitative estimate of drug-likeness (QED) is 0.707. The number of rotatable bonds is 9. The van der Waals surface area contributed by atoms with E-state index in [0.29, 0.717) is 19.6 Å². The highest BCUT2D eigenvalue weighted by Gasteiger charge is 2.18. The van der Waals surface area contributed by atoms with Crippen LogP contribution in [-0.2, 0) is 16.0 Å². The van der Waals surface area contributed by atoms with Gasteiger partial charge < -0.3 is 24.8 Å². The maximum Gasteiger partial charge on any atom is 0.333 e. The number of aliphatic carboxylic acids is 1. The van der Waals surface area contributed by atoms with E-state index in [1.807, 2.05) is 42.5 Å². The minimum absolute atomic E-state index is 0.369. The molecule has 0 fully saturated rings. The number of benzene rings is 2. The molecule has 1 unspecified atom stereocenters. The lowest BCUT2D eigenvalue weighted by Gasteiger charge is -2.31. The number of fused-ring (bicyclic) bond motifs is 1. The third-order valence-corrected chi connectivity index (χ3v) is 4.55. The number of ether oxygens (including phenoxy) is 2. The molecule has 0 saturated heterocycles. The van der Waals surface area contributed by atoms with E-state index in [-0.39, 0.29) is 0 Å². The van der Waals surface area contributed by atoms with Gasteiger partial charge in [0.2, 0.25) is 0 Å². The number of hydrogen-bond donors (Lipinski definition) is 2. The molecule has 1 heterocycles. The topological polar surface area (TPSA) is 71.0 Å². The Labute approximate surface area is 159 Å². The highest BCUT2D eigenvalue weighted by Crippen LogP contribution is 2.30. The summed E-state index contributed by atoms with van der Waals surface area (Å²) in [7, 11) is 0. The van der Waals surface area contributed by atoms with Gasteiger partial charge in [-0.2, -0.15) is 0 Å². The molecule has 3 rings (SSSR count). The first-order valence-corrected chi connectivity index (χ1v) is 9.31. The molecule has 0 saturated carbocycles. The Morgan fingerprint density at radius 1 is 1.26 bits per heavy atom. The number of nitrogens with one attached hydrogen (secondary N) is 1. The van der Waals surface area contributed by atoms with E-state index in [1.165, 1.54) is 0 Å². The zero-order valence-corrected chi connectivity index (χ0v) is 15.6. The van der Waals surface area contributed by atoms with Gasteiger partial charge in [0.05, 0.1) is 12.2 Å². The summed E-state index contributed by atoms with van der Waals surface area (Å²) in [5.74, 6) is 0.0141. The monoisotopic (exact) mass is 370 g/mol. The normalized spacial score (nSPS) is 14.2. The van der Waals surface area contributed by atoms with Gasteiger partial charge in [-0.25, -0.2) is 4.79 Å². The Morgan fingerprint density at radius 2 is 2.04 bits per heavy atom. The van der Waals surface area contributed by atoms with Crippen LogP contribution in [-0.4, -0.2) is 50.0 Å². The second-order valence-corrected chi connectivity index (χ2v) is 6.41. The second-order valence-electron chi connectivity index (χ2n) is 6.41. The van der Waals surface area contributed by atoms with Crippen LogP contribution in [0.1, 0.15) is 12.5 Å². The van der Waals surface area contributed by atoms with E-state index < -0.39 is 12.1 Å². The Balaban J connectivity index is 1.50. The summed E-state index contributed by atoms with van der Waals surface area (Å²) in [4.78, 5) is 13.5. The largest absolute Gasteiger partial charge is 0.490 e. The number of nitrogens with zero attached hydrogens (tertiary/aromatic N) is 1. The van der Waals surface area contributed by atoms with E-state index in [9.17, 15) is 9.90 Å². The van der Waals surface area contributed by atoms with Gasteiger partial charge in [0.15, 0.2) is 6.10 Å². The number of carboxylic acids is 1. The molecule has 144 valence electrons. The Hall–Kier alpha value is -2.73. The molecule has 0 radical (unpaired) electrons. The molecule has 2 aromatic carbocycles. The second kappa shape index (κ2) is 9.28. The molecule has 27 heavy (non-hydrogen) atoms. The number of carboxylic acid groups (broad SMARTS) is 1. The van der Waals surface area contributed by atoms with Crippen LogP contribution in [0.25, 0.3) is 0 Å². The summed E-state index contributed by atoms with van der Waals surface area (Å²) in [5, 5.41) is 12.6. The summed E-state index contributed by atoms with van der Waals surface area (Å²) in [5.41, 5.74) is 3.10. The van der Waals surface area contributed by atoms with Crippen molar-refractivity contribution in [3.8, 4) is 5.75 Å². The highest BCUT2D eigenvalue weighted by atomic mass is 16.5. The zero-order chi connectivity index (χ0) is 19.1. The van der Waals surface area contributed by atoms with Crippen molar-refractivity contribution >= 4 is 17.3 Å². The molecule has 0 aromatic heterocycles. The molecular formula is C21H26N2O4. The molecule has 2 aromatic rings. The summed E-state index contributed by atoms with van der Waals surface area (Å²) >= 11 is 0. The van der Waals surface area contributed by atoms with E-state index in [2.05, 4.69) is 16.3 Å². The average Bonchev–Trinajstić information content (AvgIpc) is 2.69. The molecule has 6 nitrogen and oxygen atoms in total. The SMILES string of the molecule is CCOC(Cc1ccc(NCCN2CCOc3ccccc32)cc1)C(=O)O. The fraction of sp³-hybridized carbons (Fsp3) is 0.381. The van der Waals surface area contributed by atoms with Crippen molar-refractivity contribution in [1.82, 2.24) is 0 Å². The molecule has 0 amide bonds. The number of para-hydroxylation sites is 2. The van der Waals surface area contributed by atoms with Crippen LogP contribution < -0.4 is 15.0 Å². The van der Waals surface area contributed by atoms with Crippen molar-refractivity contribution in [3.05, 3.63) is 54.1 Å². The molecule has 0 aliphatic carbocycles. The lowest BCUT2D eigenvalue weighted by atomic mass is 10.1. The van der Waals surface area contributed by atoms with Crippen LogP contribution in [0.2, 0.25) is 0 Å². The predicted molar refractivity (Wildman–Crippen MR) is 106 cm³/mol. The summed E-state index contributed by atoms with van der Waals surface area (Å²) in [6.45, 7) is 5.47. The van der Waals surface area contributed by atoms with Crippen molar-refractivity contribution in [3.63, 3.8) is 0 Å². The van der Waals surface area contributed by atoms with Gasteiger partial charge in [-0.1, -0.05) is 24.3 Å². The third kappa shape index (κ3) is 5.14.